The van der Waals surface area contributed by atoms with Crippen molar-refractivity contribution in [3.8, 4) is 17.2 Å². The molecule has 9 heteroatoms. The van der Waals surface area contributed by atoms with E-state index in [1.54, 1.807) is 37.5 Å². The summed E-state index contributed by atoms with van der Waals surface area (Å²) in [7, 11) is 3.56. The predicted octanol–water partition coefficient (Wildman–Crippen LogP) is 2.61. The maximum absolute atomic E-state index is 12.5. The fourth-order valence-electron chi connectivity index (χ4n) is 2.47. The summed E-state index contributed by atoms with van der Waals surface area (Å²) in [5.74, 6) is 0.904. The van der Waals surface area contributed by atoms with Crippen molar-refractivity contribution in [2.75, 3.05) is 40.7 Å². The molecule has 0 saturated carbocycles. The second kappa shape index (κ2) is 9.44. The van der Waals surface area contributed by atoms with Crippen LogP contribution in [0, 0.1) is 0 Å². The predicted molar refractivity (Wildman–Crippen MR) is 111 cm³/mol. The summed E-state index contributed by atoms with van der Waals surface area (Å²) >= 11 is 0. The molecule has 29 heavy (non-hydrogen) atoms. The zero-order chi connectivity index (χ0) is 21.6. The molecule has 2 aromatic rings. The average molecular weight is 420 g/mol. The van der Waals surface area contributed by atoms with Gasteiger partial charge < -0.3 is 19.5 Å². The zero-order valence-corrected chi connectivity index (χ0v) is 17.7. The number of rotatable bonds is 8. The first kappa shape index (κ1) is 22.3. The highest BCUT2D eigenvalue weighted by atomic mass is 32.2. The third-order valence-electron chi connectivity index (χ3n) is 4.02. The van der Waals surface area contributed by atoms with Crippen LogP contribution in [0.1, 0.15) is 5.56 Å². The van der Waals surface area contributed by atoms with E-state index in [1.807, 2.05) is 0 Å². The molecule has 0 aliphatic rings. The molecule has 0 fully saturated rings. The van der Waals surface area contributed by atoms with E-state index in [4.69, 9.17) is 14.2 Å². The molecule has 0 unspecified atom stereocenters. The largest absolute Gasteiger partial charge is 0.495 e. The number of carbonyl (C=O) groups excluding carboxylic acids is 1. The van der Waals surface area contributed by atoms with Gasteiger partial charge in [0.25, 0.3) is 0 Å². The van der Waals surface area contributed by atoms with Crippen molar-refractivity contribution in [2.24, 2.45) is 0 Å². The lowest BCUT2D eigenvalue weighted by molar-refractivity contribution is -0.111. The third kappa shape index (κ3) is 5.27. The topological polar surface area (TPSA) is 94.2 Å². The average Bonchev–Trinajstić information content (AvgIpc) is 2.71. The molecule has 8 nitrogen and oxygen atoms in total. The van der Waals surface area contributed by atoms with Gasteiger partial charge in [0.05, 0.1) is 21.3 Å². The second-order valence-corrected chi connectivity index (χ2v) is 8.21. The molecule has 0 saturated heterocycles. The number of sulfonamides is 1. The van der Waals surface area contributed by atoms with E-state index in [9.17, 15) is 13.2 Å². The van der Waals surface area contributed by atoms with Crippen molar-refractivity contribution >= 4 is 27.7 Å². The zero-order valence-electron chi connectivity index (χ0n) is 16.9. The van der Waals surface area contributed by atoms with E-state index in [-0.39, 0.29) is 10.6 Å². The molecule has 0 atom stereocenters. The van der Waals surface area contributed by atoms with E-state index >= 15 is 0 Å². The van der Waals surface area contributed by atoms with Gasteiger partial charge in [-0.2, -0.15) is 0 Å². The van der Waals surface area contributed by atoms with Crippen LogP contribution < -0.4 is 19.5 Å². The standard InChI is InChI=1S/C20H24N2O6S/c1-22(2)29(24,25)19-13-15(8-10-17(19)27-4)21-20(23)11-7-14-6-9-16(26-3)18(12-14)28-5/h6-13H,1-5H3,(H,21,23)/b11-7+. The van der Waals surface area contributed by atoms with Crippen molar-refractivity contribution < 1.29 is 27.4 Å². The van der Waals surface area contributed by atoms with Gasteiger partial charge in [-0.3, -0.25) is 4.79 Å². The van der Waals surface area contributed by atoms with Crippen LogP contribution in [0.2, 0.25) is 0 Å². The van der Waals surface area contributed by atoms with Crippen molar-refractivity contribution in [1.29, 1.82) is 0 Å². The molecule has 0 radical (unpaired) electrons. The summed E-state index contributed by atoms with van der Waals surface area (Å²) in [6.07, 6.45) is 2.95. The van der Waals surface area contributed by atoms with Gasteiger partial charge in [0.2, 0.25) is 15.9 Å². The first-order valence-electron chi connectivity index (χ1n) is 8.54. The Morgan fingerprint density at radius 2 is 1.55 bits per heavy atom. The van der Waals surface area contributed by atoms with Crippen LogP contribution in [-0.2, 0) is 14.8 Å². The Morgan fingerprint density at radius 1 is 0.931 bits per heavy atom. The van der Waals surface area contributed by atoms with Gasteiger partial charge in [0.15, 0.2) is 11.5 Å². The Balaban J connectivity index is 2.22. The molecule has 0 aliphatic carbocycles. The number of anilines is 1. The molecular weight excluding hydrogens is 396 g/mol. The van der Waals surface area contributed by atoms with Crippen LogP contribution in [0.25, 0.3) is 6.08 Å². The minimum absolute atomic E-state index is 0.0355. The lowest BCUT2D eigenvalue weighted by Crippen LogP contribution is -2.23. The first-order valence-corrected chi connectivity index (χ1v) is 9.98. The van der Waals surface area contributed by atoms with Crippen molar-refractivity contribution in [3.63, 3.8) is 0 Å². The lowest BCUT2D eigenvalue weighted by Gasteiger charge is -2.15. The van der Waals surface area contributed by atoms with E-state index < -0.39 is 15.9 Å². The summed E-state index contributed by atoms with van der Waals surface area (Å²) in [5, 5.41) is 2.65. The molecule has 0 aromatic heterocycles. The quantitative estimate of drug-likeness (QED) is 0.660. The van der Waals surface area contributed by atoms with Gasteiger partial charge in [-0.25, -0.2) is 12.7 Å². The number of benzene rings is 2. The highest BCUT2D eigenvalue weighted by Gasteiger charge is 2.22. The molecule has 2 aromatic carbocycles. The number of nitrogens with one attached hydrogen (secondary N) is 1. The minimum Gasteiger partial charge on any atom is -0.495 e. The number of hydrogen-bond acceptors (Lipinski definition) is 6. The fourth-order valence-corrected chi connectivity index (χ4v) is 3.54. The Hall–Kier alpha value is -3.04. The summed E-state index contributed by atoms with van der Waals surface area (Å²) in [6, 6.07) is 9.66. The highest BCUT2D eigenvalue weighted by molar-refractivity contribution is 7.89. The first-order chi connectivity index (χ1) is 13.7. The van der Waals surface area contributed by atoms with Gasteiger partial charge in [-0.15, -0.1) is 0 Å². The molecular formula is C20H24N2O6S. The van der Waals surface area contributed by atoms with Crippen LogP contribution in [-0.4, -0.2) is 54.1 Å². The number of hydrogen-bond donors (Lipinski definition) is 1. The normalized spacial score (nSPS) is 11.5. The summed E-state index contributed by atoms with van der Waals surface area (Å²) < 4.78 is 41.6. The van der Waals surface area contributed by atoms with Crippen molar-refractivity contribution in [3.05, 3.63) is 48.0 Å². The maximum Gasteiger partial charge on any atom is 0.248 e. The van der Waals surface area contributed by atoms with Crippen LogP contribution in [0.15, 0.2) is 47.4 Å². The lowest BCUT2D eigenvalue weighted by atomic mass is 10.2. The number of nitrogens with zero attached hydrogens (tertiary/aromatic N) is 1. The van der Waals surface area contributed by atoms with Gasteiger partial charge in [-0.05, 0) is 42.0 Å². The van der Waals surface area contributed by atoms with Crippen LogP contribution in [0.3, 0.4) is 0 Å². The molecule has 156 valence electrons. The van der Waals surface area contributed by atoms with Crippen LogP contribution in [0.5, 0.6) is 17.2 Å². The van der Waals surface area contributed by atoms with Gasteiger partial charge in [0.1, 0.15) is 10.6 Å². The van der Waals surface area contributed by atoms with E-state index in [0.717, 1.165) is 9.87 Å². The molecule has 0 spiro atoms. The van der Waals surface area contributed by atoms with Crippen molar-refractivity contribution in [1.82, 2.24) is 4.31 Å². The fraction of sp³-hybridized carbons (Fsp3) is 0.250. The van der Waals surface area contributed by atoms with Gasteiger partial charge in [0, 0.05) is 25.9 Å². The molecule has 1 N–H and O–H groups in total. The Kier molecular flexibility index (Phi) is 7.24. The minimum atomic E-state index is -3.73. The maximum atomic E-state index is 12.5. The Bertz CT molecular complexity index is 1020. The van der Waals surface area contributed by atoms with E-state index in [1.165, 1.54) is 46.5 Å². The number of ether oxygens (including phenoxy) is 3. The molecule has 0 bridgehead atoms. The number of carbonyl (C=O) groups is 1. The summed E-state index contributed by atoms with van der Waals surface area (Å²) in [5.41, 5.74) is 1.07. The Labute approximate surface area is 170 Å². The number of amides is 1. The van der Waals surface area contributed by atoms with Gasteiger partial charge >= 0.3 is 0 Å². The second-order valence-electron chi connectivity index (χ2n) is 6.09. The van der Waals surface area contributed by atoms with E-state index in [2.05, 4.69) is 5.32 Å². The third-order valence-corrected chi connectivity index (χ3v) is 5.86. The summed E-state index contributed by atoms with van der Waals surface area (Å²) in [4.78, 5) is 12.2. The SMILES string of the molecule is COc1ccc(/C=C/C(=O)Nc2ccc(OC)c(S(=O)(=O)N(C)C)c2)cc1OC. The Morgan fingerprint density at radius 3 is 2.14 bits per heavy atom. The molecule has 2 rings (SSSR count). The van der Waals surface area contributed by atoms with E-state index in [0.29, 0.717) is 17.2 Å². The van der Waals surface area contributed by atoms with Crippen molar-refractivity contribution in [2.45, 2.75) is 4.90 Å². The molecule has 0 aliphatic heterocycles. The van der Waals surface area contributed by atoms with Crippen LogP contribution in [0.4, 0.5) is 5.69 Å². The monoisotopic (exact) mass is 420 g/mol. The summed E-state index contributed by atoms with van der Waals surface area (Å²) in [6.45, 7) is 0. The number of methoxy groups -OCH3 is 3. The van der Waals surface area contributed by atoms with Crippen LogP contribution >= 0.6 is 0 Å². The van der Waals surface area contributed by atoms with Gasteiger partial charge in [-0.1, -0.05) is 6.07 Å². The highest BCUT2D eigenvalue weighted by Crippen LogP contribution is 2.29. The molecule has 1 amide bonds. The molecule has 0 heterocycles. The smallest absolute Gasteiger partial charge is 0.248 e.